The Labute approximate surface area is 166 Å². The van der Waals surface area contributed by atoms with E-state index in [1.54, 1.807) is 0 Å². The average molecular weight is 377 g/mol. The van der Waals surface area contributed by atoms with E-state index in [1.807, 2.05) is 32.0 Å². The van der Waals surface area contributed by atoms with Gasteiger partial charge in [0.2, 0.25) is 5.91 Å². The van der Waals surface area contributed by atoms with Gasteiger partial charge < -0.3 is 5.32 Å². The number of anilines is 1. The Morgan fingerprint density at radius 1 is 1.07 bits per heavy atom. The number of amides is 3. The Bertz CT molecular complexity index is 904. The van der Waals surface area contributed by atoms with Crippen LogP contribution in [0.2, 0.25) is 0 Å². The Hall–Kier alpha value is -2.66. The van der Waals surface area contributed by atoms with Gasteiger partial charge in [-0.15, -0.1) is 0 Å². The van der Waals surface area contributed by atoms with Gasteiger partial charge >= 0.3 is 6.03 Å². The first-order chi connectivity index (χ1) is 13.5. The summed E-state index contributed by atoms with van der Waals surface area (Å²) < 4.78 is 0. The third-order valence-corrected chi connectivity index (χ3v) is 5.73. The average Bonchev–Trinajstić information content (AvgIpc) is 3.41. The molecule has 5 nitrogen and oxygen atoms in total. The third kappa shape index (κ3) is 4.09. The van der Waals surface area contributed by atoms with Crippen LogP contribution in [0.4, 0.5) is 10.5 Å². The molecule has 3 amide bonds. The van der Waals surface area contributed by atoms with E-state index < -0.39 is 6.03 Å². The molecule has 5 heteroatoms. The zero-order valence-corrected chi connectivity index (χ0v) is 16.5. The molecule has 0 radical (unpaired) electrons. The maximum atomic E-state index is 12.6. The fourth-order valence-corrected chi connectivity index (χ4v) is 4.22. The normalized spacial score (nSPS) is 18.0. The van der Waals surface area contributed by atoms with E-state index in [2.05, 4.69) is 39.8 Å². The van der Waals surface area contributed by atoms with Gasteiger partial charge in [-0.25, -0.2) is 4.79 Å². The van der Waals surface area contributed by atoms with E-state index in [0.29, 0.717) is 6.04 Å². The molecular weight excluding hydrogens is 350 g/mol. The number of carbonyl (C=O) groups is 2. The van der Waals surface area contributed by atoms with Crippen molar-refractivity contribution >= 4 is 17.6 Å². The molecule has 2 N–H and O–H groups in total. The Balaban J connectivity index is 1.38. The first-order valence-corrected chi connectivity index (χ1v) is 10.0. The summed E-state index contributed by atoms with van der Waals surface area (Å²) in [4.78, 5) is 27.1. The van der Waals surface area contributed by atoms with Crippen LogP contribution in [0.3, 0.4) is 0 Å². The summed E-state index contributed by atoms with van der Waals surface area (Å²) in [7, 11) is 0. The lowest BCUT2D eigenvalue weighted by molar-refractivity contribution is -0.121. The predicted molar refractivity (Wildman–Crippen MR) is 110 cm³/mol. The van der Waals surface area contributed by atoms with Gasteiger partial charge in [0, 0.05) is 17.8 Å². The second-order valence-electron chi connectivity index (χ2n) is 7.98. The molecule has 1 fully saturated rings. The van der Waals surface area contributed by atoms with Crippen molar-refractivity contribution in [3.05, 3.63) is 64.7 Å². The molecule has 146 valence electrons. The minimum absolute atomic E-state index is 0.251. The van der Waals surface area contributed by atoms with Gasteiger partial charge in [-0.05, 0) is 62.3 Å². The Morgan fingerprint density at radius 3 is 2.61 bits per heavy atom. The molecular formula is C23H27N3O2. The lowest BCUT2D eigenvalue weighted by atomic mass is 10.1. The molecule has 28 heavy (non-hydrogen) atoms. The predicted octanol–water partition coefficient (Wildman–Crippen LogP) is 4.10. The van der Waals surface area contributed by atoms with Gasteiger partial charge in [-0.3, -0.25) is 15.0 Å². The number of aryl methyl sites for hydroxylation is 3. The second kappa shape index (κ2) is 7.76. The molecule has 0 unspecified atom stereocenters. The van der Waals surface area contributed by atoms with Crippen LogP contribution in [0.15, 0.2) is 42.5 Å². The molecule has 0 aromatic heterocycles. The lowest BCUT2D eigenvalue weighted by Gasteiger charge is -2.29. The van der Waals surface area contributed by atoms with E-state index in [9.17, 15) is 9.59 Å². The van der Waals surface area contributed by atoms with Crippen molar-refractivity contribution < 1.29 is 9.59 Å². The monoisotopic (exact) mass is 377 g/mol. The van der Waals surface area contributed by atoms with E-state index in [0.717, 1.165) is 42.5 Å². The van der Waals surface area contributed by atoms with Gasteiger partial charge in [0.25, 0.3) is 0 Å². The summed E-state index contributed by atoms with van der Waals surface area (Å²) >= 11 is 0. The number of nitrogens with zero attached hydrogens (tertiary/aromatic N) is 1. The van der Waals surface area contributed by atoms with Crippen LogP contribution in [0, 0.1) is 13.8 Å². The van der Waals surface area contributed by atoms with Gasteiger partial charge in [-0.1, -0.05) is 42.0 Å². The molecule has 0 bridgehead atoms. The summed E-state index contributed by atoms with van der Waals surface area (Å²) in [6, 6.07) is 14.6. The van der Waals surface area contributed by atoms with Crippen LogP contribution < -0.4 is 10.6 Å². The van der Waals surface area contributed by atoms with Crippen LogP contribution in [-0.4, -0.2) is 29.4 Å². The second-order valence-corrected chi connectivity index (χ2v) is 7.98. The fourth-order valence-electron chi connectivity index (χ4n) is 4.22. The Kier molecular flexibility index (Phi) is 5.18. The van der Waals surface area contributed by atoms with Crippen molar-refractivity contribution in [1.29, 1.82) is 0 Å². The SMILES string of the molecule is Cc1ccc(NC(=O)NC(=O)CN(C2CC2)[C@@H]2CCc3ccccc32)c(C)c1. The molecule has 2 aliphatic carbocycles. The molecule has 2 aromatic carbocycles. The summed E-state index contributed by atoms with van der Waals surface area (Å²) in [5, 5.41) is 5.28. The molecule has 1 saturated carbocycles. The molecule has 0 saturated heterocycles. The summed E-state index contributed by atoms with van der Waals surface area (Å²) in [5.41, 5.74) is 5.55. The molecule has 2 aromatic rings. The number of hydrogen-bond acceptors (Lipinski definition) is 3. The summed E-state index contributed by atoms with van der Waals surface area (Å²) in [5.74, 6) is -0.251. The number of benzene rings is 2. The highest BCUT2D eigenvalue weighted by Crippen LogP contribution is 2.41. The standard InChI is InChI=1S/C23H27N3O2/c1-15-7-11-20(16(2)13-15)24-23(28)25-22(27)14-26(18-9-10-18)21-12-8-17-5-3-4-6-19(17)21/h3-7,11,13,18,21H,8-10,12,14H2,1-2H3,(H2,24,25,27,28)/t21-/m1/s1. The summed E-state index contributed by atoms with van der Waals surface area (Å²) in [6.07, 6.45) is 4.35. The van der Waals surface area contributed by atoms with Crippen LogP contribution in [0.25, 0.3) is 0 Å². The minimum Gasteiger partial charge on any atom is -0.307 e. The van der Waals surface area contributed by atoms with Crippen molar-refractivity contribution in [2.24, 2.45) is 0 Å². The number of fused-ring (bicyclic) bond motifs is 1. The van der Waals surface area contributed by atoms with Gasteiger partial charge in [0.1, 0.15) is 0 Å². The van der Waals surface area contributed by atoms with Crippen LogP contribution in [0.1, 0.15) is 47.6 Å². The van der Waals surface area contributed by atoms with Crippen LogP contribution in [-0.2, 0) is 11.2 Å². The molecule has 0 heterocycles. The summed E-state index contributed by atoms with van der Waals surface area (Å²) in [6.45, 7) is 4.20. The van der Waals surface area contributed by atoms with Crippen molar-refractivity contribution in [1.82, 2.24) is 10.2 Å². The molecule has 0 aliphatic heterocycles. The first-order valence-electron chi connectivity index (χ1n) is 10.0. The molecule has 2 aliphatic rings. The van der Waals surface area contributed by atoms with Gasteiger partial charge in [-0.2, -0.15) is 0 Å². The van der Waals surface area contributed by atoms with Crippen LogP contribution in [0.5, 0.6) is 0 Å². The Morgan fingerprint density at radius 2 is 1.86 bits per heavy atom. The van der Waals surface area contributed by atoms with Gasteiger partial charge in [0.15, 0.2) is 0 Å². The zero-order valence-electron chi connectivity index (χ0n) is 16.5. The van der Waals surface area contributed by atoms with Crippen molar-refractivity contribution in [2.45, 2.75) is 51.6 Å². The number of hydrogen-bond donors (Lipinski definition) is 2. The quantitative estimate of drug-likeness (QED) is 0.825. The van der Waals surface area contributed by atoms with Crippen molar-refractivity contribution in [3.63, 3.8) is 0 Å². The number of imide groups is 1. The maximum absolute atomic E-state index is 12.6. The zero-order chi connectivity index (χ0) is 19.7. The highest BCUT2D eigenvalue weighted by molar-refractivity contribution is 6.02. The number of carbonyl (C=O) groups excluding carboxylic acids is 2. The highest BCUT2D eigenvalue weighted by Gasteiger charge is 2.38. The van der Waals surface area contributed by atoms with Gasteiger partial charge in [0.05, 0.1) is 6.54 Å². The fraction of sp³-hybridized carbons (Fsp3) is 0.391. The third-order valence-electron chi connectivity index (χ3n) is 5.73. The van der Waals surface area contributed by atoms with E-state index in [1.165, 1.54) is 11.1 Å². The number of rotatable bonds is 5. The van der Waals surface area contributed by atoms with E-state index >= 15 is 0 Å². The van der Waals surface area contributed by atoms with Crippen LogP contribution >= 0.6 is 0 Å². The topological polar surface area (TPSA) is 61.4 Å². The maximum Gasteiger partial charge on any atom is 0.325 e. The lowest BCUT2D eigenvalue weighted by Crippen LogP contribution is -2.43. The van der Waals surface area contributed by atoms with Crippen molar-refractivity contribution in [2.75, 3.05) is 11.9 Å². The van der Waals surface area contributed by atoms with Crippen molar-refractivity contribution in [3.8, 4) is 0 Å². The van der Waals surface area contributed by atoms with E-state index in [-0.39, 0.29) is 18.5 Å². The smallest absolute Gasteiger partial charge is 0.307 e. The molecule has 4 rings (SSSR count). The van der Waals surface area contributed by atoms with E-state index in [4.69, 9.17) is 0 Å². The largest absolute Gasteiger partial charge is 0.325 e. The number of urea groups is 1. The first kappa shape index (κ1) is 18.7. The minimum atomic E-state index is -0.473. The molecule has 1 atom stereocenters. The molecule has 0 spiro atoms. The number of nitrogens with one attached hydrogen (secondary N) is 2. The highest BCUT2D eigenvalue weighted by atomic mass is 16.2.